The lowest BCUT2D eigenvalue weighted by molar-refractivity contribution is -0.147. The van der Waals surface area contributed by atoms with E-state index in [-0.39, 0.29) is 12.0 Å². The molecular formula is C18H26N2O2. The van der Waals surface area contributed by atoms with E-state index < -0.39 is 0 Å². The summed E-state index contributed by atoms with van der Waals surface area (Å²) >= 11 is 0. The van der Waals surface area contributed by atoms with Crippen molar-refractivity contribution in [3.8, 4) is 0 Å². The van der Waals surface area contributed by atoms with Crippen molar-refractivity contribution in [2.45, 2.75) is 44.3 Å². The molecule has 4 heteroatoms. The van der Waals surface area contributed by atoms with E-state index in [0.717, 1.165) is 25.9 Å². The first-order valence-corrected chi connectivity index (χ1v) is 8.28. The van der Waals surface area contributed by atoms with Crippen molar-refractivity contribution < 1.29 is 9.53 Å². The summed E-state index contributed by atoms with van der Waals surface area (Å²) in [6.07, 6.45) is 4.48. The number of likely N-dealkylation sites (tertiary alicyclic amines) is 1. The third-order valence-corrected chi connectivity index (χ3v) is 5.24. The Morgan fingerprint density at radius 1 is 1.32 bits per heavy atom. The Hall–Kier alpha value is -1.39. The van der Waals surface area contributed by atoms with Gasteiger partial charge in [0.15, 0.2) is 0 Å². The highest BCUT2D eigenvalue weighted by molar-refractivity contribution is 5.76. The Morgan fingerprint density at radius 3 is 2.77 bits per heavy atom. The predicted molar refractivity (Wildman–Crippen MR) is 86.6 cm³/mol. The average Bonchev–Trinajstić information content (AvgIpc) is 2.96. The summed E-state index contributed by atoms with van der Waals surface area (Å²) < 4.78 is 5.04. The fourth-order valence-corrected chi connectivity index (χ4v) is 3.84. The maximum absolute atomic E-state index is 12.2. The lowest BCUT2D eigenvalue weighted by atomic mass is 9.93. The van der Waals surface area contributed by atoms with Gasteiger partial charge in [-0.3, -0.25) is 9.69 Å². The highest BCUT2D eigenvalue weighted by Gasteiger charge is 2.33. The van der Waals surface area contributed by atoms with Gasteiger partial charge in [0.25, 0.3) is 0 Å². The first kappa shape index (κ1) is 15.5. The Morgan fingerprint density at radius 2 is 2.09 bits per heavy atom. The number of fused-ring (bicyclic) bond motifs is 1. The van der Waals surface area contributed by atoms with Gasteiger partial charge >= 0.3 is 5.97 Å². The zero-order valence-electron chi connectivity index (χ0n) is 13.6. The number of hydrogen-bond acceptors (Lipinski definition) is 4. The Kier molecular flexibility index (Phi) is 4.79. The van der Waals surface area contributed by atoms with Gasteiger partial charge in [0.2, 0.25) is 0 Å². The first-order chi connectivity index (χ1) is 10.7. The van der Waals surface area contributed by atoms with Gasteiger partial charge in [0.1, 0.15) is 6.04 Å². The van der Waals surface area contributed by atoms with Crippen LogP contribution in [0.25, 0.3) is 0 Å². The average molecular weight is 302 g/mol. The summed E-state index contributed by atoms with van der Waals surface area (Å²) in [5.74, 6) is -0.103. The van der Waals surface area contributed by atoms with Crippen molar-refractivity contribution >= 4 is 5.97 Å². The fourth-order valence-electron chi connectivity index (χ4n) is 3.84. The van der Waals surface area contributed by atoms with Crippen molar-refractivity contribution in [2.24, 2.45) is 0 Å². The van der Waals surface area contributed by atoms with E-state index in [2.05, 4.69) is 41.1 Å². The third-order valence-electron chi connectivity index (χ3n) is 5.24. The van der Waals surface area contributed by atoms with Gasteiger partial charge in [-0.1, -0.05) is 24.3 Å². The van der Waals surface area contributed by atoms with Crippen LogP contribution in [0.2, 0.25) is 0 Å². The van der Waals surface area contributed by atoms with Crippen LogP contribution in [-0.4, -0.2) is 55.1 Å². The van der Waals surface area contributed by atoms with Crippen molar-refractivity contribution in [3.05, 3.63) is 35.4 Å². The number of hydrogen-bond donors (Lipinski definition) is 0. The number of carbonyl (C=O) groups is 1. The number of benzene rings is 1. The summed E-state index contributed by atoms with van der Waals surface area (Å²) in [4.78, 5) is 16.9. The van der Waals surface area contributed by atoms with Crippen molar-refractivity contribution in [1.82, 2.24) is 9.80 Å². The topological polar surface area (TPSA) is 32.8 Å². The van der Waals surface area contributed by atoms with Crippen LogP contribution >= 0.6 is 0 Å². The molecule has 1 aromatic rings. The molecule has 120 valence electrons. The van der Waals surface area contributed by atoms with Crippen molar-refractivity contribution in [2.75, 3.05) is 27.2 Å². The highest BCUT2D eigenvalue weighted by Crippen LogP contribution is 2.26. The van der Waals surface area contributed by atoms with Gasteiger partial charge in [-0.15, -0.1) is 0 Å². The van der Waals surface area contributed by atoms with Crippen LogP contribution in [0.1, 0.15) is 30.4 Å². The van der Waals surface area contributed by atoms with Gasteiger partial charge in [-0.25, -0.2) is 0 Å². The lowest BCUT2D eigenvalue weighted by Gasteiger charge is -2.36. The van der Waals surface area contributed by atoms with E-state index in [9.17, 15) is 4.79 Å². The summed E-state index contributed by atoms with van der Waals surface area (Å²) in [5, 5.41) is 0. The van der Waals surface area contributed by atoms with Gasteiger partial charge in [-0.05, 0) is 50.4 Å². The van der Waals surface area contributed by atoms with E-state index in [0.29, 0.717) is 6.04 Å². The van der Waals surface area contributed by atoms with E-state index in [1.54, 1.807) is 0 Å². The molecule has 0 N–H and O–H groups in total. The third kappa shape index (κ3) is 3.18. The first-order valence-electron chi connectivity index (χ1n) is 8.28. The molecule has 3 rings (SSSR count). The van der Waals surface area contributed by atoms with Gasteiger partial charge in [0.05, 0.1) is 7.11 Å². The molecule has 0 bridgehead atoms. The van der Waals surface area contributed by atoms with E-state index >= 15 is 0 Å². The van der Waals surface area contributed by atoms with Crippen LogP contribution in [0.5, 0.6) is 0 Å². The molecule has 2 atom stereocenters. The molecule has 0 aliphatic carbocycles. The molecule has 0 amide bonds. The maximum Gasteiger partial charge on any atom is 0.323 e. The number of nitrogens with zero attached hydrogens (tertiary/aromatic N) is 2. The molecule has 0 spiro atoms. The molecule has 2 aliphatic heterocycles. The second kappa shape index (κ2) is 6.80. The van der Waals surface area contributed by atoms with Crippen LogP contribution in [0.4, 0.5) is 0 Å². The summed E-state index contributed by atoms with van der Waals surface area (Å²) in [7, 11) is 3.70. The Bertz CT molecular complexity index is 532. The minimum Gasteiger partial charge on any atom is -0.468 e. The summed E-state index contributed by atoms with van der Waals surface area (Å²) in [5.41, 5.74) is 2.63. The van der Waals surface area contributed by atoms with E-state index in [1.807, 2.05) is 0 Å². The molecule has 2 heterocycles. The van der Waals surface area contributed by atoms with E-state index in [4.69, 9.17) is 4.74 Å². The second-order valence-electron chi connectivity index (χ2n) is 6.55. The smallest absolute Gasteiger partial charge is 0.323 e. The molecule has 0 aromatic heterocycles. The number of esters is 1. The van der Waals surface area contributed by atoms with Crippen LogP contribution in [-0.2, 0) is 22.5 Å². The standard InChI is InChI=1S/C18H26N2O2/c1-19-10-5-8-16(19)9-11-20-13-15-7-4-3-6-14(15)12-17(20)18(21)22-2/h3-4,6-7,16-17H,5,8-13H2,1-2H3/t16-,17+/m0/s1. The Balaban J connectivity index is 1.70. The number of rotatable bonds is 4. The lowest BCUT2D eigenvalue weighted by Crippen LogP contribution is -2.47. The minimum absolute atomic E-state index is 0.103. The quantitative estimate of drug-likeness (QED) is 0.797. The molecule has 1 fully saturated rings. The highest BCUT2D eigenvalue weighted by atomic mass is 16.5. The predicted octanol–water partition coefficient (Wildman–Crippen LogP) is 2.07. The normalized spacial score (nSPS) is 25.9. The molecule has 4 nitrogen and oxygen atoms in total. The zero-order chi connectivity index (χ0) is 15.5. The molecule has 2 aliphatic rings. The van der Waals surface area contributed by atoms with Crippen molar-refractivity contribution in [3.63, 3.8) is 0 Å². The number of ether oxygens (including phenoxy) is 1. The number of methoxy groups -OCH3 is 1. The summed E-state index contributed by atoms with van der Waals surface area (Å²) in [6.45, 7) is 3.02. The van der Waals surface area contributed by atoms with Crippen LogP contribution in [0, 0.1) is 0 Å². The number of carbonyl (C=O) groups excluding carboxylic acids is 1. The van der Waals surface area contributed by atoms with Gasteiger partial charge < -0.3 is 9.64 Å². The molecule has 0 saturated carbocycles. The monoisotopic (exact) mass is 302 g/mol. The maximum atomic E-state index is 12.2. The second-order valence-corrected chi connectivity index (χ2v) is 6.55. The van der Waals surface area contributed by atoms with Crippen LogP contribution in [0.15, 0.2) is 24.3 Å². The molecule has 0 radical (unpaired) electrons. The largest absolute Gasteiger partial charge is 0.468 e. The molecule has 1 saturated heterocycles. The van der Waals surface area contributed by atoms with Gasteiger partial charge in [-0.2, -0.15) is 0 Å². The van der Waals surface area contributed by atoms with Gasteiger partial charge in [0, 0.05) is 19.1 Å². The fraction of sp³-hybridized carbons (Fsp3) is 0.611. The van der Waals surface area contributed by atoms with E-state index in [1.165, 1.54) is 37.6 Å². The van der Waals surface area contributed by atoms with Crippen LogP contribution in [0.3, 0.4) is 0 Å². The molecule has 1 aromatic carbocycles. The molecular weight excluding hydrogens is 276 g/mol. The van der Waals surface area contributed by atoms with Crippen molar-refractivity contribution in [1.29, 1.82) is 0 Å². The summed E-state index contributed by atoms with van der Waals surface area (Å²) in [6, 6.07) is 8.98. The van der Waals surface area contributed by atoms with Crippen LogP contribution < -0.4 is 0 Å². The Labute approximate surface area is 133 Å². The molecule has 0 unspecified atom stereocenters. The zero-order valence-corrected chi connectivity index (χ0v) is 13.6. The molecule has 22 heavy (non-hydrogen) atoms. The minimum atomic E-state index is -0.133. The SMILES string of the molecule is COC(=O)[C@H]1Cc2ccccc2CN1CC[C@@H]1CCCN1C.